The van der Waals surface area contributed by atoms with Crippen LogP contribution < -0.4 is 4.74 Å². The van der Waals surface area contributed by atoms with Crippen molar-refractivity contribution in [3.63, 3.8) is 0 Å². The Kier molecular flexibility index (Phi) is 4.09. The molecule has 1 fully saturated rings. The van der Waals surface area contributed by atoms with Gasteiger partial charge in [-0.05, 0) is 42.5 Å². The van der Waals surface area contributed by atoms with Crippen LogP contribution in [0.2, 0.25) is 0 Å². The van der Waals surface area contributed by atoms with Crippen LogP contribution in [0.1, 0.15) is 48.9 Å². The highest BCUT2D eigenvalue weighted by molar-refractivity contribution is 6.06. The molecule has 1 aliphatic rings. The zero-order chi connectivity index (χ0) is 14.7. The lowest BCUT2D eigenvalue weighted by Gasteiger charge is -2.19. The van der Waals surface area contributed by atoms with E-state index in [1.807, 2.05) is 30.3 Å². The molecule has 3 heteroatoms. The Labute approximate surface area is 124 Å². The number of aromatic carboxylic acids is 1. The summed E-state index contributed by atoms with van der Waals surface area (Å²) >= 11 is 0. The lowest BCUT2D eigenvalue weighted by molar-refractivity contribution is 0.0690. The first-order valence-electron chi connectivity index (χ1n) is 7.67. The van der Waals surface area contributed by atoms with Crippen LogP contribution in [0.25, 0.3) is 10.8 Å². The van der Waals surface area contributed by atoms with Gasteiger partial charge in [-0.2, -0.15) is 0 Å². The standard InChI is InChI=1S/C18H20O3/c19-18(20)17-15-10-6-5-7-13(15)11-12-16(17)21-14-8-3-1-2-4-9-14/h5-7,10-12,14H,1-4,8-9H2,(H,19,20). The second kappa shape index (κ2) is 6.17. The van der Waals surface area contributed by atoms with Crippen LogP contribution in [0.4, 0.5) is 0 Å². The maximum atomic E-state index is 11.7. The summed E-state index contributed by atoms with van der Waals surface area (Å²) in [6, 6.07) is 11.3. The molecule has 1 N–H and O–H groups in total. The van der Waals surface area contributed by atoms with E-state index in [0.717, 1.165) is 23.6 Å². The summed E-state index contributed by atoms with van der Waals surface area (Å²) in [6.07, 6.45) is 7.03. The van der Waals surface area contributed by atoms with Crippen LogP contribution in [0.3, 0.4) is 0 Å². The highest BCUT2D eigenvalue weighted by atomic mass is 16.5. The summed E-state index contributed by atoms with van der Waals surface area (Å²) in [5.74, 6) is -0.413. The van der Waals surface area contributed by atoms with Crippen molar-refractivity contribution in [3.8, 4) is 5.75 Å². The lowest BCUT2D eigenvalue weighted by atomic mass is 10.0. The quantitative estimate of drug-likeness (QED) is 0.835. The molecule has 0 amide bonds. The first-order valence-corrected chi connectivity index (χ1v) is 7.67. The van der Waals surface area contributed by atoms with Crippen LogP contribution in [0, 0.1) is 0 Å². The van der Waals surface area contributed by atoms with E-state index < -0.39 is 5.97 Å². The maximum Gasteiger partial charge on any atom is 0.340 e. The van der Waals surface area contributed by atoms with E-state index in [9.17, 15) is 9.90 Å². The van der Waals surface area contributed by atoms with Gasteiger partial charge in [0.15, 0.2) is 0 Å². The van der Waals surface area contributed by atoms with E-state index in [0.29, 0.717) is 5.75 Å². The van der Waals surface area contributed by atoms with Crippen LogP contribution in [-0.2, 0) is 0 Å². The van der Waals surface area contributed by atoms with E-state index in [1.54, 1.807) is 6.07 Å². The first kappa shape index (κ1) is 13.9. The van der Waals surface area contributed by atoms with Gasteiger partial charge in [0.25, 0.3) is 0 Å². The molecule has 2 aromatic carbocycles. The summed E-state index contributed by atoms with van der Waals surface area (Å²) in [6.45, 7) is 0. The summed E-state index contributed by atoms with van der Waals surface area (Å²) < 4.78 is 6.06. The number of carboxylic acids is 1. The maximum absolute atomic E-state index is 11.7. The molecular formula is C18H20O3. The highest BCUT2D eigenvalue weighted by Gasteiger charge is 2.20. The van der Waals surface area contributed by atoms with Gasteiger partial charge >= 0.3 is 5.97 Å². The summed E-state index contributed by atoms with van der Waals surface area (Å²) in [4.78, 5) is 11.7. The number of carbonyl (C=O) groups is 1. The Morgan fingerprint density at radius 1 is 1.00 bits per heavy atom. The second-order valence-electron chi connectivity index (χ2n) is 5.70. The van der Waals surface area contributed by atoms with Crippen molar-refractivity contribution in [1.29, 1.82) is 0 Å². The van der Waals surface area contributed by atoms with Crippen LogP contribution >= 0.6 is 0 Å². The molecule has 1 saturated carbocycles. The largest absolute Gasteiger partial charge is 0.490 e. The molecule has 110 valence electrons. The molecule has 0 aromatic heterocycles. The van der Waals surface area contributed by atoms with Crippen molar-refractivity contribution in [3.05, 3.63) is 42.0 Å². The van der Waals surface area contributed by atoms with Crippen LogP contribution in [-0.4, -0.2) is 17.2 Å². The van der Waals surface area contributed by atoms with E-state index in [4.69, 9.17) is 4.74 Å². The molecule has 0 atom stereocenters. The zero-order valence-electron chi connectivity index (χ0n) is 12.0. The Hall–Kier alpha value is -2.03. The van der Waals surface area contributed by atoms with Gasteiger partial charge in [-0.1, -0.05) is 43.2 Å². The van der Waals surface area contributed by atoms with Gasteiger partial charge in [0.2, 0.25) is 0 Å². The fraction of sp³-hybridized carbons (Fsp3) is 0.389. The number of rotatable bonds is 3. The van der Waals surface area contributed by atoms with Crippen LogP contribution in [0.15, 0.2) is 36.4 Å². The van der Waals surface area contributed by atoms with E-state index in [-0.39, 0.29) is 11.7 Å². The topological polar surface area (TPSA) is 46.5 Å². The minimum atomic E-state index is -0.921. The Morgan fingerprint density at radius 2 is 1.71 bits per heavy atom. The van der Waals surface area contributed by atoms with Crippen molar-refractivity contribution >= 4 is 16.7 Å². The van der Waals surface area contributed by atoms with Crippen molar-refractivity contribution in [2.24, 2.45) is 0 Å². The summed E-state index contributed by atoms with van der Waals surface area (Å²) in [5.41, 5.74) is 0.289. The SMILES string of the molecule is O=C(O)c1c(OC2CCCCCC2)ccc2ccccc12. The third-order valence-electron chi connectivity index (χ3n) is 4.20. The minimum absolute atomic E-state index is 0.145. The Bertz CT molecular complexity index is 640. The van der Waals surface area contributed by atoms with Crippen molar-refractivity contribution in [2.45, 2.75) is 44.6 Å². The molecule has 0 spiro atoms. The van der Waals surface area contributed by atoms with Gasteiger partial charge in [-0.25, -0.2) is 4.79 Å². The predicted molar refractivity (Wildman–Crippen MR) is 83.0 cm³/mol. The molecule has 0 heterocycles. The molecule has 1 aliphatic carbocycles. The molecule has 0 radical (unpaired) electrons. The molecule has 0 bridgehead atoms. The van der Waals surface area contributed by atoms with Crippen LogP contribution in [0.5, 0.6) is 5.75 Å². The van der Waals surface area contributed by atoms with Gasteiger partial charge in [0.05, 0.1) is 6.10 Å². The van der Waals surface area contributed by atoms with Gasteiger partial charge in [-0.3, -0.25) is 0 Å². The average Bonchev–Trinajstić information content (AvgIpc) is 2.75. The smallest absolute Gasteiger partial charge is 0.340 e. The third kappa shape index (κ3) is 3.02. The summed E-state index contributed by atoms with van der Waals surface area (Å²) in [5, 5.41) is 11.2. The fourth-order valence-electron chi connectivity index (χ4n) is 3.11. The number of fused-ring (bicyclic) bond motifs is 1. The fourth-order valence-corrected chi connectivity index (χ4v) is 3.11. The predicted octanol–water partition coefficient (Wildman–Crippen LogP) is 4.64. The zero-order valence-corrected chi connectivity index (χ0v) is 12.0. The monoisotopic (exact) mass is 284 g/mol. The van der Waals surface area contributed by atoms with E-state index in [2.05, 4.69) is 0 Å². The van der Waals surface area contributed by atoms with Crippen molar-refractivity contribution < 1.29 is 14.6 Å². The number of benzene rings is 2. The average molecular weight is 284 g/mol. The second-order valence-corrected chi connectivity index (χ2v) is 5.70. The molecule has 0 unspecified atom stereocenters. The van der Waals surface area contributed by atoms with Crippen molar-refractivity contribution in [2.75, 3.05) is 0 Å². The third-order valence-corrected chi connectivity index (χ3v) is 4.20. The minimum Gasteiger partial charge on any atom is -0.490 e. The van der Waals surface area contributed by atoms with Gasteiger partial charge in [0.1, 0.15) is 11.3 Å². The van der Waals surface area contributed by atoms with Gasteiger partial charge in [0, 0.05) is 0 Å². The highest BCUT2D eigenvalue weighted by Crippen LogP contribution is 2.31. The Morgan fingerprint density at radius 3 is 2.43 bits per heavy atom. The normalized spacial score (nSPS) is 16.6. The first-order chi connectivity index (χ1) is 10.3. The molecule has 2 aromatic rings. The molecule has 0 saturated heterocycles. The molecule has 3 nitrogen and oxygen atoms in total. The van der Waals surface area contributed by atoms with Gasteiger partial charge < -0.3 is 9.84 Å². The molecule has 21 heavy (non-hydrogen) atoms. The van der Waals surface area contributed by atoms with E-state index >= 15 is 0 Å². The number of hydrogen-bond donors (Lipinski definition) is 1. The van der Waals surface area contributed by atoms with Crippen molar-refractivity contribution in [1.82, 2.24) is 0 Å². The molecule has 3 rings (SSSR count). The number of ether oxygens (including phenoxy) is 1. The molecule has 0 aliphatic heterocycles. The lowest BCUT2D eigenvalue weighted by Crippen LogP contribution is -2.17. The number of hydrogen-bond acceptors (Lipinski definition) is 2. The van der Waals surface area contributed by atoms with E-state index in [1.165, 1.54) is 25.7 Å². The molecular weight excluding hydrogens is 264 g/mol. The Balaban J connectivity index is 1.97. The number of carboxylic acid groups (broad SMARTS) is 1. The van der Waals surface area contributed by atoms with Gasteiger partial charge in [-0.15, -0.1) is 0 Å². The summed E-state index contributed by atoms with van der Waals surface area (Å²) in [7, 11) is 0.